The van der Waals surface area contributed by atoms with Crippen LogP contribution in [0.4, 0.5) is 40.8 Å². The van der Waals surface area contributed by atoms with Crippen molar-refractivity contribution < 1.29 is 27.5 Å². The molecule has 4 aromatic rings. The molecule has 1 aliphatic carbocycles. The number of pyridine rings is 1. The molecule has 242 valence electrons. The van der Waals surface area contributed by atoms with Gasteiger partial charge >= 0.3 is 12.4 Å². The number of benzene rings is 3. The molecule has 3 amide bonds. The topological polar surface area (TPSA) is 108 Å². The summed E-state index contributed by atoms with van der Waals surface area (Å²) in [5, 5.41) is 13.2. The summed E-state index contributed by atoms with van der Waals surface area (Å²) in [4.78, 5) is 33.2. The maximum atomic E-state index is 13.5. The first-order valence-electron chi connectivity index (χ1n) is 15.0. The summed E-state index contributed by atoms with van der Waals surface area (Å²) >= 11 is 0. The average Bonchev–Trinajstić information content (AvgIpc) is 2.99. The number of alkyl halides is 3. The van der Waals surface area contributed by atoms with Crippen LogP contribution in [0.1, 0.15) is 47.2 Å². The predicted molar refractivity (Wildman–Crippen MR) is 175 cm³/mol. The number of carbonyl (C=O) groups is 2. The first kappa shape index (κ1) is 32.4. The molecule has 1 heterocycles. The zero-order valence-electron chi connectivity index (χ0n) is 26.1. The lowest BCUT2D eigenvalue weighted by molar-refractivity contribution is -0.274. The fraction of sp³-hybridized carbons (Fsp3) is 0.324. The molecule has 9 nitrogen and oxygen atoms in total. The highest BCUT2D eigenvalue weighted by Gasteiger charge is 2.31. The normalized spacial score (nSPS) is 16.4. The fourth-order valence-corrected chi connectivity index (χ4v) is 5.78. The van der Waals surface area contributed by atoms with Crippen molar-refractivity contribution in [2.24, 2.45) is 0 Å². The van der Waals surface area contributed by atoms with E-state index in [2.05, 4.69) is 43.0 Å². The number of fused-ring (bicyclic) bond motifs is 1. The van der Waals surface area contributed by atoms with Gasteiger partial charge in [0.2, 0.25) is 0 Å². The second-order valence-corrected chi connectivity index (χ2v) is 11.8. The molecule has 3 aromatic carbocycles. The number of urea groups is 1. The molecule has 0 spiro atoms. The predicted octanol–water partition coefficient (Wildman–Crippen LogP) is 7.61. The molecule has 1 aliphatic rings. The first-order chi connectivity index (χ1) is 21.8. The maximum Gasteiger partial charge on any atom is 0.573 e. The Bertz CT molecular complexity index is 1720. The lowest BCUT2D eigenvalue weighted by atomic mass is 9.90. The number of aromatic nitrogens is 1. The molecule has 1 fully saturated rings. The van der Waals surface area contributed by atoms with Crippen molar-refractivity contribution in [2.45, 2.75) is 58.0 Å². The van der Waals surface area contributed by atoms with Crippen LogP contribution in [0.2, 0.25) is 0 Å². The third-order valence-corrected chi connectivity index (χ3v) is 7.90. The minimum absolute atomic E-state index is 0.0348. The van der Waals surface area contributed by atoms with Gasteiger partial charge in [-0.3, -0.25) is 4.79 Å². The van der Waals surface area contributed by atoms with Crippen LogP contribution in [0.15, 0.2) is 66.7 Å². The lowest BCUT2D eigenvalue weighted by Gasteiger charge is -2.30. The fourth-order valence-electron chi connectivity index (χ4n) is 5.78. The van der Waals surface area contributed by atoms with Crippen molar-refractivity contribution in [3.63, 3.8) is 0 Å². The highest BCUT2D eigenvalue weighted by molar-refractivity contribution is 6.07. The van der Waals surface area contributed by atoms with E-state index >= 15 is 0 Å². The van der Waals surface area contributed by atoms with Gasteiger partial charge in [-0.1, -0.05) is 24.3 Å². The van der Waals surface area contributed by atoms with Gasteiger partial charge in [-0.2, -0.15) is 0 Å². The van der Waals surface area contributed by atoms with Crippen molar-refractivity contribution >= 4 is 45.7 Å². The van der Waals surface area contributed by atoms with E-state index < -0.39 is 18.1 Å². The SMILES string of the molecule is Cc1cc(C)c(NC(=O)Nc2ccc(OC(F)(F)F)cc2)c(C(=O)N[C@H]2CC[C@@H](Nc3cc(N(C)C)c4ccccc4n3)CC2)c1. The van der Waals surface area contributed by atoms with Gasteiger partial charge in [0.15, 0.2) is 0 Å². The molecular formula is C34H37F3N6O3. The highest BCUT2D eigenvalue weighted by Crippen LogP contribution is 2.30. The summed E-state index contributed by atoms with van der Waals surface area (Å²) in [6.07, 6.45) is -1.55. The summed E-state index contributed by atoms with van der Waals surface area (Å²) in [6, 6.07) is 18.0. The van der Waals surface area contributed by atoms with Gasteiger partial charge < -0.3 is 30.9 Å². The van der Waals surface area contributed by atoms with Crippen LogP contribution in [0.5, 0.6) is 5.75 Å². The molecule has 12 heteroatoms. The molecule has 1 aromatic heterocycles. The van der Waals surface area contributed by atoms with E-state index in [1.54, 1.807) is 13.0 Å². The summed E-state index contributed by atoms with van der Waals surface area (Å²) in [5.74, 6) is 0.129. The van der Waals surface area contributed by atoms with Gasteiger partial charge in [-0.15, -0.1) is 13.2 Å². The Balaban J connectivity index is 1.19. The van der Waals surface area contributed by atoms with Crippen molar-refractivity contribution in [1.82, 2.24) is 10.3 Å². The Morgan fingerprint density at radius 3 is 2.24 bits per heavy atom. The molecule has 1 saturated carbocycles. The molecule has 4 N–H and O–H groups in total. The number of aryl methyl sites for hydroxylation is 2. The molecule has 0 unspecified atom stereocenters. The van der Waals surface area contributed by atoms with Gasteiger partial charge in [-0.25, -0.2) is 9.78 Å². The van der Waals surface area contributed by atoms with E-state index in [4.69, 9.17) is 4.98 Å². The summed E-state index contributed by atoms with van der Waals surface area (Å²) < 4.78 is 41.2. The lowest BCUT2D eigenvalue weighted by Crippen LogP contribution is -2.40. The highest BCUT2D eigenvalue weighted by atomic mass is 19.4. The van der Waals surface area contributed by atoms with Crippen LogP contribution in [-0.2, 0) is 0 Å². The summed E-state index contributed by atoms with van der Waals surface area (Å²) in [7, 11) is 4.03. The van der Waals surface area contributed by atoms with Crippen molar-refractivity contribution in [3.8, 4) is 5.75 Å². The zero-order chi connectivity index (χ0) is 33.0. The zero-order valence-corrected chi connectivity index (χ0v) is 26.1. The molecule has 0 atom stereocenters. The van der Waals surface area contributed by atoms with E-state index in [-0.39, 0.29) is 23.7 Å². The molecule has 0 saturated heterocycles. The number of ether oxygens (including phenoxy) is 1. The number of rotatable bonds is 8. The molecular weight excluding hydrogens is 597 g/mol. The second-order valence-electron chi connectivity index (χ2n) is 11.8. The van der Waals surface area contributed by atoms with Crippen molar-refractivity contribution in [1.29, 1.82) is 0 Å². The number of carbonyl (C=O) groups excluding carboxylic acids is 2. The Labute approximate surface area is 265 Å². The molecule has 0 bridgehead atoms. The first-order valence-corrected chi connectivity index (χ1v) is 15.0. The van der Waals surface area contributed by atoms with Crippen LogP contribution >= 0.6 is 0 Å². The number of halogens is 3. The number of anilines is 4. The van der Waals surface area contributed by atoms with Crippen LogP contribution in [0.3, 0.4) is 0 Å². The van der Waals surface area contributed by atoms with E-state index in [9.17, 15) is 22.8 Å². The third-order valence-electron chi connectivity index (χ3n) is 7.90. The number of nitrogens with zero attached hydrogens (tertiary/aromatic N) is 2. The van der Waals surface area contributed by atoms with E-state index in [1.807, 2.05) is 45.3 Å². The summed E-state index contributed by atoms with van der Waals surface area (Å²) in [5.41, 5.74) is 4.52. The van der Waals surface area contributed by atoms with Gasteiger partial charge in [0.05, 0.1) is 16.8 Å². The maximum absolute atomic E-state index is 13.5. The number of nitrogens with one attached hydrogen (secondary N) is 4. The van der Waals surface area contributed by atoms with Crippen LogP contribution in [-0.4, -0.2) is 49.5 Å². The van der Waals surface area contributed by atoms with Gasteiger partial charge in [0.1, 0.15) is 11.6 Å². The van der Waals surface area contributed by atoms with Gasteiger partial charge in [0.25, 0.3) is 5.91 Å². The molecule has 46 heavy (non-hydrogen) atoms. The quantitative estimate of drug-likeness (QED) is 0.159. The van der Waals surface area contributed by atoms with Gasteiger partial charge in [0, 0.05) is 49.0 Å². The van der Waals surface area contributed by atoms with Crippen LogP contribution in [0, 0.1) is 13.8 Å². The molecule has 0 aliphatic heterocycles. The minimum Gasteiger partial charge on any atom is -0.406 e. The largest absolute Gasteiger partial charge is 0.573 e. The Morgan fingerprint density at radius 1 is 0.891 bits per heavy atom. The van der Waals surface area contributed by atoms with E-state index in [0.29, 0.717) is 16.8 Å². The summed E-state index contributed by atoms with van der Waals surface area (Å²) in [6.45, 7) is 3.67. The van der Waals surface area contributed by atoms with Crippen LogP contribution < -0.4 is 30.9 Å². The average molecular weight is 635 g/mol. The van der Waals surface area contributed by atoms with Crippen molar-refractivity contribution in [3.05, 3.63) is 83.4 Å². The standard InChI is InChI=1S/C34H37F3N6O3/c1-20-17-21(2)31(42-33(45)40-24-13-15-25(16-14-24)46-34(35,36)37)27(18-20)32(44)39-23-11-9-22(10-12-23)38-30-19-29(43(3)4)26-7-5-6-8-28(26)41-30/h5-8,13-19,22-23H,9-12H2,1-4H3,(H,38,41)(H,39,44)(H2,40,42,45)/t22-,23+. The van der Waals surface area contributed by atoms with E-state index in [1.165, 1.54) is 12.1 Å². The second kappa shape index (κ2) is 13.6. The monoisotopic (exact) mass is 634 g/mol. The minimum atomic E-state index is -4.81. The van der Waals surface area contributed by atoms with Gasteiger partial charge in [-0.05, 0) is 87.1 Å². The Morgan fingerprint density at radius 2 is 1.57 bits per heavy atom. The number of para-hydroxylation sites is 1. The third kappa shape index (κ3) is 8.17. The molecule has 5 rings (SSSR count). The number of hydrogen-bond donors (Lipinski definition) is 4. The Hall–Kier alpha value is -5.00. The van der Waals surface area contributed by atoms with Crippen LogP contribution in [0.25, 0.3) is 10.9 Å². The smallest absolute Gasteiger partial charge is 0.406 e. The Kier molecular flexibility index (Phi) is 9.54. The van der Waals surface area contributed by atoms with Crippen molar-refractivity contribution in [2.75, 3.05) is 34.9 Å². The number of hydrogen-bond acceptors (Lipinski definition) is 6. The molecule has 0 radical (unpaired) electrons. The van der Waals surface area contributed by atoms with E-state index in [0.717, 1.165) is 65.8 Å². The number of amides is 3.